The van der Waals surface area contributed by atoms with Gasteiger partial charge in [-0.05, 0) is 31.5 Å². The van der Waals surface area contributed by atoms with Crippen molar-refractivity contribution in [1.29, 1.82) is 0 Å². The van der Waals surface area contributed by atoms with Gasteiger partial charge in [0.05, 0.1) is 11.9 Å². The Morgan fingerprint density at radius 1 is 1.21 bits per heavy atom. The third kappa shape index (κ3) is 4.36. The van der Waals surface area contributed by atoms with E-state index in [1.54, 1.807) is 7.11 Å². The summed E-state index contributed by atoms with van der Waals surface area (Å²) in [6.07, 6.45) is 4.24. The summed E-state index contributed by atoms with van der Waals surface area (Å²) in [6, 6.07) is 3.92. The zero-order valence-corrected chi connectivity index (χ0v) is 11.7. The molecule has 1 aliphatic heterocycles. The first-order valence-corrected chi connectivity index (χ1v) is 6.97. The van der Waals surface area contributed by atoms with Gasteiger partial charge in [0, 0.05) is 39.9 Å². The van der Waals surface area contributed by atoms with Crippen molar-refractivity contribution >= 4 is 11.5 Å². The molecule has 0 aliphatic carbocycles. The average Bonchev–Trinajstić information content (AvgIpc) is 2.45. The van der Waals surface area contributed by atoms with Crippen LogP contribution in [-0.4, -0.2) is 56.3 Å². The molecule has 1 aromatic rings. The van der Waals surface area contributed by atoms with Crippen molar-refractivity contribution in [2.24, 2.45) is 0 Å². The van der Waals surface area contributed by atoms with Crippen molar-refractivity contribution < 1.29 is 4.74 Å². The highest BCUT2D eigenvalue weighted by Crippen LogP contribution is 2.16. The van der Waals surface area contributed by atoms with Crippen molar-refractivity contribution in [1.82, 2.24) is 9.88 Å². The molecule has 0 atom stereocenters. The van der Waals surface area contributed by atoms with E-state index >= 15 is 0 Å². The van der Waals surface area contributed by atoms with Gasteiger partial charge >= 0.3 is 0 Å². The Kier molecular flexibility index (Phi) is 5.42. The first kappa shape index (κ1) is 14.1. The highest BCUT2D eigenvalue weighted by atomic mass is 16.5. The maximum atomic E-state index is 5.61. The number of unbranched alkanes of at least 4 members (excludes halogenated alkanes) is 1. The average molecular weight is 264 g/mol. The summed E-state index contributed by atoms with van der Waals surface area (Å²) in [7, 11) is 1.76. The number of nitrogens with zero attached hydrogens (tertiary/aromatic N) is 3. The van der Waals surface area contributed by atoms with Crippen LogP contribution in [0, 0.1) is 0 Å². The summed E-state index contributed by atoms with van der Waals surface area (Å²) in [4.78, 5) is 9.05. The van der Waals surface area contributed by atoms with E-state index in [1.807, 2.05) is 12.3 Å². The van der Waals surface area contributed by atoms with Crippen molar-refractivity contribution in [3.8, 4) is 0 Å². The molecule has 5 nitrogen and oxygen atoms in total. The number of nitrogens with two attached hydrogens (primary N) is 1. The molecule has 0 bridgehead atoms. The Morgan fingerprint density at radius 3 is 2.63 bits per heavy atom. The van der Waals surface area contributed by atoms with Crippen LogP contribution in [0.4, 0.5) is 11.5 Å². The van der Waals surface area contributed by atoms with Crippen LogP contribution in [0.1, 0.15) is 12.8 Å². The molecule has 2 heterocycles. The number of methoxy groups -OCH3 is 1. The number of hydrogen-bond acceptors (Lipinski definition) is 5. The van der Waals surface area contributed by atoms with Crippen molar-refractivity contribution in [2.45, 2.75) is 12.8 Å². The van der Waals surface area contributed by atoms with Gasteiger partial charge in [-0.2, -0.15) is 0 Å². The van der Waals surface area contributed by atoms with E-state index in [2.05, 4.69) is 20.9 Å². The fourth-order valence-electron chi connectivity index (χ4n) is 2.40. The van der Waals surface area contributed by atoms with Crippen molar-refractivity contribution in [2.75, 3.05) is 57.1 Å². The summed E-state index contributed by atoms with van der Waals surface area (Å²) >= 11 is 0. The van der Waals surface area contributed by atoms with E-state index in [9.17, 15) is 0 Å². The molecule has 0 amide bonds. The molecule has 19 heavy (non-hydrogen) atoms. The molecule has 0 saturated carbocycles. The lowest BCUT2D eigenvalue weighted by Gasteiger charge is -2.35. The van der Waals surface area contributed by atoms with E-state index in [-0.39, 0.29) is 0 Å². The van der Waals surface area contributed by atoms with E-state index in [4.69, 9.17) is 10.5 Å². The molecule has 2 rings (SSSR count). The van der Waals surface area contributed by atoms with E-state index < -0.39 is 0 Å². The molecule has 1 saturated heterocycles. The van der Waals surface area contributed by atoms with E-state index in [0.717, 1.165) is 39.2 Å². The maximum absolute atomic E-state index is 5.61. The number of nitrogen functional groups attached to an aromatic ring is 1. The molecule has 0 aromatic carbocycles. The lowest BCUT2D eigenvalue weighted by atomic mass is 10.2. The number of ether oxygens (including phenoxy) is 1. The SMILES string of the molecule is COCCCCN1CCN(c2ccc(N)nc2)CC1. The predicted octanol–water partition coefficient (Wildman–Crippen LogP) is 1.21. The van der Waals surface area contributed by atoms with Crippen LogP contribution in [0.15, 0.2) is 18.3 Å². The van der Waals surface area contributed by atoms with Gasteiger partial charge in [-0.1, -0.05) is 0 Å². The summed E-state index contributed by atoms with van der Waals surface area (Å²) in [5.41, 5.74) is 6.78. The zero-order valence-electron chi connectivity index (χ0n) is 11.7. The van der Waals surface area contributed by atoms with Crippen molar-refractivity contribution in [3.05, 3.63) is 18.3 Å². The van der Waals surface area contributed by atoms with E-state index in [1.165, 1.54) is 18.7 Å². The number of hydrogen-bond donors (Lipinski definition) is 1. The minimum absolute atomic E-state index is 0.584. The lowest BCUT2D eigenvalue weighted by molar-refractivity contribution is 0.182. The van der Waals surface area contributed by atoms with Crippen molar-refractivity contribution in [3.63, 3.8) is 0 Å². The molecular formula is C14H24N4O. The standard InChI is InChI=1S/C14H24N4O/c1-19-11-3-2-6-17-7-9-18(10-8-17)13-4-5-14(15)16-12-13/h4-5,12H,2-3,6-11H2,1H3,(H2,15,16). The van der Waals surface area contributed by atoms with Gasteiger partial charge in [-0.15, -0.1) is 0 Å². The smallest absolute Gasteiger partial charge is 0.123 e. The van der Waals surface area contributed by atoms with Gasteiger partial charge in [0.2, 0.25) is 0 Å². The van der Waals surface area contributed by atoms with E-state index in [0.29, 0.717) is 5.82 Å². The quantitative estimate of drug-likeness (QED) is 0.783. The van der Waals surface area contributed by atoms with Gasteiger partial charge in [-0.25, -0.2) is 4.98 Å². The first-order valence-electron chi connectivity index (χ1n) is 6.97. The number of anilines is 2. The van der Waals surface area contributed by atoms with Crippen LogP contribution in [0.25, 0.3) is 0 Å². The number of pyridine rings is 1. The summed E-state index contributed by atoms with van der Waals surface area (Å²) < 4.78 is 5.07. The number of piperazine rings is 1. The molecule has 0 spiro atoms. The maximum Gasteiger partial charge on any atom is 0.123 e. The van der Waals surface area contributed by atoms with Crippen LogP contribution in [0.3, 0.4) is 0 Å². The molecule has 0 radical (unpaired) electrons. The summed E-state index contributed by atoms with van der Waals surface area (Å²) in [5, 5.41) is 0. The Balaban J connectivity index is 1.71. The second kappa shape index (κ2) is 7.31. The largest absolute Gasteiger partial charge is 0.385 e. The van der Waals surface area contributed by atoms with Crippen LogP contribution in [-0.2, 0) is 4.74 Å². The van der Waals surface area contributed by atoms with Crippen LogP contribution >= 0.6 is 0 Å². The molecule has 0 unspecified atom stereocenters. The second-order valence-corrected chi connectivity index (χ2v) is 4.97. The molecule has 106 valence electrons. The normalized spacial score (nSPS) is 16.8. The molecule has 2 N–H and O–H groups in total. The third-order valence-electron chi connectivity index (χ3n) is 3.58. The second-order valence-electron chi connectivity index (χ2n) is 4.97. The minimum Gasteiger partial charge on any atom is -0.385 e. The zero-order chi connectivity index (χ0) is 13.5. The predicted molar refractivity (Wildman–Crippen MR) is 78.4 cm³/mol. The summed E-state index contributed by atoms with van der Waals surface area (Å²) in [5.74, 6) is 0.584. The monoisotopic (exact) mass is 264 g/mol. The molecule has 1 aromatic heterocycles. The van der Waals surface area contributed by atoms with Crippen LogP contribution < -0.4 is 10.6 Å². The molecule has 1 fully saturated rings. The van der Waals surface area contributed by atoms with Gasteiger partial charge in [-0.3, -0.25) is 4.90 Å². The Bertz CT molecular complexity index is 360. The number of aromatic nitrogens is 1. The molecule has 5 heteroatoms. The topological polar surface area (TPSA) is 54.6 Å². The minimum atomic E-state index is 0.584. The highest BCUT2D eigenvalue weighted by molar-refractivity contribution is 5.48. The fourth-order valence-corrected chi connectivity index (χ4v) is 2.40. The number of rotatable bonds is 6. The van der Waals surface area contributed by atoms with Gasteiger partial charge in [0.15, 0.2) is 0 Å². The Morgan fingerprint density at radius 2 is 2.00 bits per heavy atom. The molecular weight excluding hydrogens is 240 g/mol. The highest BCUT2D eigenvalue weighted by Gasteiger charge is 2.16. The van der Waals surface area contributed by atoms with Crippen LogP contribution in [0.5, 0.6) is 0 Å². The fraction of sp³-hybridized carbons (Fsp3) is 0.643. The third-order valence-corrected chi connectivity index (χ3v) is 3.58. The lowest BCUT2D eigenvalue weighted by Crippen LogP contribution is -2.46. The summed E-state index contributed by atoms with van der Waals surface area (Å²) in [6.45, 7) is 6.43. The Hall–Kier alpha value is -1.33. The van der Waals surface area contributed by atoms with Gasteiger partial charge < -0.3 is 15.4 Å². The molecule has 1 aliphatic rings. The Labute approximate surface area is 115 Å². The van der Waals surface area contributed by atoms with Gasteiger partial charge in [0.1, 0.15) is 5.82 Å². The first-order chi connectivity index (χ1) is 9.29. The van der Waals surface area contributed by atoms with Crippen LogP contribution in [0.2, 0.25) is 0 Å². The van der Waals surface area contributed by atoms with Gasteiger partial charge in [0.25, 0.3) is 0 Å².